The molecule has 3 nitrogen and oxygen atoms in total. The number of aromatic nitrogens is 2. The minimum Gasteiger partial charge on any atom is -0.312 e. The van der Waals surface area contributed by atoms with Crippen LogP contribution in [0.1, 0.15) is 63.3 Å². The second kappa shape index (κ2) is 4.86. The topological polar surface area (TPSA) is 37.8 Å². The smallest absolute Gasteiger partial charge is 0.134 e. The van der Waals surface area contributed by atoms with Crippen LogP contribution in [0, 0.1) is 13.8 Å². The molecule has 1 aromatic heterocycles. The fourth-order valence-corrected chi connectivity index (χ4v) is 2.34. The Kier molecular flexibility index (Phi) is 3.69. The van der Waals surface area contributed by atoms with E-state index >= 15 is 0 Å². The van der Waals surface area contributed by atoms with E-state index in [1.165, 1.54) is 18.4 Å². The average molecular weight is 261 g/mol. The Morgan fingerprint density at radius 1 is 1.11 bits per heavy atom. The van der Waals surface area contributed by atoms with Gasteiger partial charge in [0, 0.05) is 22.3 Å². The van der Waals surface area contributed by atoms with Crippen molar-refractivity contribution in [1.82, 2.24) is 15.3 Å². The number of hydrogen-bond acceptors (Lipinski definition) is 3. The van der Waals surface area contributed by atoms with E-state index in [0.29, 0.717) is 0 Å². The van der Waals surface area contributed by atoms with Crippen LogP contribution in [0.15, 0.2) is 0 Å². The lowest BCUT2D eigenvalue weighted by Gasteiger charge is -2.21. The molecule has 0 unspecified atom stereocenters. The van der Waals surface area contributed by atoms with Gasteiger partial charge < -0.3 is 5.32 Å². The van der Waals surface area contributed by atoms with Gasteiger partial charge in [-0.3, -0.25) is 0 Å². The third-order valence-corrected chi connectivity index (χ3v) is 3.99. The third kappa shape index (κ3) is 3.53. The van der Waals surface area contributed by atoms with Crippen molar-refractivity contribution in [1.29, 1.82) is 0 Å². The van der Waals surface area contributed by atoms with Gasteiger partial charge in [0.25, 0.3) is 0 Å². The molecule has 0 saturated heterocycles. The van der Waals surface area contributed by atoms with Crippen molar-refractivity contribution in [2.75, 3.05) is 6.54 Å². The largest absolute Gasteiger partial charge is 0.312 e. The molecule has 0 amide bonds. The molecule has 0 aliphatic heterocycles. The molecule has 1 saturated carbocycles. The van der Waals surface area contributed by atoms with Crippen molar-refractivity contribution in [3.05, 3.63) is 22.8 Å². The molecule has 1 aromatic rings. The molecule has 106 valence electrons. The van der Waals surface area contributed by atoms with Crippen LogP contribution in [0.2, 0.25) is 0 Å². The molecule has 2 rings (SSSR count). The summed E-state index contributed by atoms with van der Waals surface area (Å²) in [6.45, 7) is 14.1. The monoisotopic (exact) mass is 261 g/mol. The standard InChI is InChI=1S/C16H27N3/c1-11-13(7-10-17-15(3,4)5)12(2)19-14(18-11)16(6)8-9-16/h17H,7-10H2,1-6H3. The van der Waals surface area contributed by atoms with Crippen molar-refractivity contribution in [2.24, 2.45) is 0 Å². The summed E-state index contributed by atoms with van der Waals surface area (Å²) in [7, 11) is 0. The van der Waals surface area contributed by atoms with E-state index in [4.69, 9.17) is 9.97 Å². The van der Waals surface area contributed by atoms with Gasteiger partial charge in [-0.1, -0.05) is 6.92 Å². The quantitative estimate of drug-likeness (QED) is 0.905. The number of rotatable bonds is 4. The maximum Gasteiger partial charge on any atom is 0.134 e. The van der Waals surface area contributed by atoms with E-state index in [1.54, 1.807) is 0 Å². The molecular formula is C16H27N3. The minimum absolute atomic E-state index is 0.171. The summed E-state index contributed by atoms with van der Waals surface area (Å²) in [6.07, 6.45) is 3.47. The predicted octanol–water partition coefficient (Wildman–Crippen LogP) is 3.08. The van der Waals surface area contributed by atoms with Gasteiger partial charge in [-0.15, -0.1) is 0 Å². The summed E-state index contributed by atoms with van der Waals surface area (Å²) in [5.41, 5.74) is 4.06. The van der Waals surface area contributed by atoms with Crippen LogP contribution < -0.4 is 5.32 Å². The molecule has 1 aliphatic rings. The molecule has 1 aliphatic carbocycles. The van der Waals surface area contributed by atoms with E-state index in [-0.39, 0.29) is 11.0 Å². The zero-order chi connectivity index (χ0) is 14.3. The Bertz CT molecular complexity index is 444. The van der Waals surface area contributed by atoms with Crippen LogP contribution in [0.25, 0.3) is 0 Å². The molecule has 19 heavy (non-hydrogen) atoms. The first-order chi connectivity index (χ1) is 8.71. The van der Waals surface area contributed by atoms with Crippen molar-refractivity contribution in [3.63, 3.8) is 0 Å². The molecule has 1 heterocycles. The first-order valence-electron chi connectivity index (χ1n) is 7.31. The summed E-state index contributed by atoms with van der Waals surface area (Å²) < 4.78 is 0. The van der Waals surface area contributed by atoms with Gasteiger partial charge in [-0.2, -0.15) is 0 Å². The lowest BCUT2D eigenvalue weighted by molar-refractivity contribution is 0.428. The second-order valence-electron chi connectivity index (χ2n) is 7.18. The maximum atomic E-state index is 4.74. The normalized spacial score (nSPS) is 17.6. The second-order valence-corrected chi connectivity index (χ2v) is 7.18. The fraction of sp³-hybridized carbons (Fsp3) is 0.750. The number of aryl methyl sites for hydroxylation is 2. The van der Waals surface area contributed by atoms with Gasteiger partial charge in [-0.25, -0.2) is 9.97 Å². The van der Waals surface area contributed by atoms with E-state index in [2.05, 4.69) is 46.9 Å². The lowest BCUT2D eigenvalue weighted by atomic mass is 10.0. The van der Waals surface area contributed by atoms with Crippen molar-refractivity contribution in [2.45, 2.75) is 71.8 Å². The highest BCUT2D eigenvalue weighted by atomic mass is 15.0. The first-order valence-corrected chi connectivity index (χ1v) is 7.31. The maximum absolute atomic E-state index is 4.74. The number of nitrogens with zero attached hydrogens (tertiary/aromatic N) is 2. The molecule has 0 bridgehead atoms. The molecule has 0 spiro atoms. The molecule has 0 aromatic carbocycles. The van der Waals surface area contributed by atoms with Crippen LogP contribution in [0.5, 0.6) is 0 Å². The Morgan fingerprint density at radius 3 is 2.05 bits per heavy atom. The van der Waals surface area contributed by atoms with Gasteiger partial charge in [0.05, 0.1) is 0 Å². The molecule has 1 fully saturated rings. The van der Waals surface area contributed by atoms with Crippen molar-refractivity contribution in [3.8, 4) is 0 Å². The number of nitrogens with one attached hydrogen (secondary N) is 1. The van der Waals surface area contributed by atoms with Crippen LogP contribution in [-0.2, 0) is 11.8 Å². The molecule has 0 atom stereocenters. The van der Waals surface area contributed by atoms with E-state index in [9.17, 15) is 0 Å². The van der Waals surface area contributed by atoms with Crippen LogP contribution in [0.4, 0.5) is 0 Å². The Morgan fingerprint density at radius 2 is 1.63 bits per heavy atom. The summed E-state index contributed by atoms with van der Waals surface area (Å²) in [5.74, 6) is 1.05. The fourth-order valence-electron chi connectivity index (χ4n) is 2.34. The Hall–Kier alpha value is -0.960. The highest BCUT2D eigenvalue weighted by Crippen LogP contribution is 2.46. The zero-order valence-corrected chi connectivity index (χ0v) is 13.2. The van der Waals surface area contributed by atoms with E-state index < -0.39 is 0 Å². The minimum atomic E-state index is 0.171. The molecule has 3 heteroatoms. The number of hydrogen-bond donors (Lipinski definition) is 1. The highest BCUT2D eigenvalue weighted by molar-refractivity contribution is 5.28. The van der Waals surface area contributed by atoms with Crippen LogP contribution >= 0.6 is 0 Å². The van der Waals surface area contributed by atoms with E-state index in [0.717, 1.165) is 30.2 Å². The SMILES string of the molecule is Cc1nc(C2(C)CC2)nc(C)c1CCNC(C)(C)C. The van der Waals surface area contributed by atoms with Gasteiger partial charge >= 0.3 is 0 Å². The molecular weight excluding hydrogens is 234 g/mol. The van der Waals surface area contributed by atoms with Gasteiger partial charge in [0.1, 0.15) is 5.82 Å². The third-order valence-electron chi connectivity index (χ3n) is 3.99. The highest BCUT2D eigenvalue weighted by Gasteiger charge is 2.42. The van der Waals surface area contributed by atoms with Crippen molar-refractivity contribution >= 4 is 0 Å². The summed E-state index contributed by atoms with van der Waals surface area (Å²) >= 11 is 0. The molecule has 0 radical (unpaired) electrons. The molecule has 1 N–H and O–H groups in total. The predicted molar refractivity (Wildman–Crippen MR) is 79.6 cm³/mol. The van der Waals surface area contributed by atoms with Gasteiger partial charge in [-0.05, 0) is 66.0 Å². The summed E-state index contributed by atoms with van der Waals surface area (Å²) in [6, 6.07) is 0. The first kappa shape index (κ1) is 14.4. The Labute approximate surface area is 117 Å². The van der Waals surface area contributed by atoms with Crippen LogP contribution in [-0.4, -0.2) is 22.1 Å². The summed E-state index contributed by atoms with van der Waals surface area (Å²) in [4.78, 5) is 9.49. The lowest BCUT2D eigenvalue weighted by Crippen LogP contribution is -2.37. The summed E-state index contributed by atoms with van der Waals surface area (Å²) in [5, 5.41) is 3.53. The van der Waals surface area contributed by atoms with Crippen LogP contribution in [0.3, 0.4) is 0 Å². The van der Waals surface area contributed by atoms with E-state index in [1.807, 2.05) is 0 Å². The zero-order valence-electron chi connectivity index (χ0n) is 13.2. The average Bonchev–Trinajstić information content (AvgIpc) is 3.00. The Balaban J connectivity index is 2.09. The van der Waals surface area contributed by atoms with Gasteiger partial charge in [0.15, 0.2) is 0 Å². The van der Waals surface area contributed by atoms with Gasteiger partial charge in [0.2, 0.25) is 0 Å². The van der Waals surface area contributed by atoms with Crippen molar-refractivity contribution < 1.29 is 0 Å².